The van der Waals surface area contributed by atoms with Gasteiger partial charge < -0.3 is 9.47 Å². The fourth-order valence-electron chi connectivity index (χ4n) is 3.32. The number of nitrogens with zero attached hydrogens (tertiary/aromatic N) is 1. The predicted octanol–water partition coefficient (Wildman–Crippen LogP) is 4.52. The van der Waals surface area contributed by atoms with Crippen LogP contribution >= 0.6 is 22.9 Å². The molecule has 4 rings (SSSR count). The lowest BCUT2D eigenvalue weighted by atomic mass is 10.2. The number of ether oxygens (including phenoxy) is 2. The van der Waals surface area contributed by atoms with Crippen LogP contribution in [0.3, 0.4) is 0 Å². The third-order valence-electron chi connectivity index (χ3n) is 5.27. The van der Waals surface area contributed by atoms with Gasteiger partial charge in [-0.05, 0) is 48.9 Å². The summed E-state index contributed by atoms with van der Waals surface area (Å²) in [6.45, 7) is 1.35. The molecule has 196 valence electrons. The number of methoxy groups -OCH3 is 1. The number of thiophene rings is 1. The highest BCUT2D eigenvalue weighted by Gasteiger charge is 2.20. The number of aryl methyl sites for hydroxylation is 1. The monoisotopic (exact) mass is 571 g/mol. The highest BCUT2D eigenvalue weighted by Crippen LogP contribution is 2.37. The number of hydrogen-bond acceptors (Lipinski definition) is 8. The number of carbonyl (C=O) groups is 2. The lowest BCUT2D eigenvalue weighted by molar-refractivity contribution is -0.119. The molecular formula is C26H22ClN3O6S2. The van der Waals surface area contributed by atoms with Crippen molar-refractivity contribution in [2.45, 2.75) is 11.8 Å². The summed E-state index contributed by atoms with van der Waals surface area (Å²) in [5, 5.41) is 4.94. The number of rotatable bonds is 9. The second kappa shape index (κ2) is 11.7. The fraction of sp³-hybridized carbons (Fsp3) is 0.115. The normalized spacial score (nSPS) is 11.6. The minimum Gasteiger partial charge on any atom is -0.493 e. The van der Waals surface area contributed by atoms with E-state index in [0.717, 1.165) is 15.6 Å². The van der Waals surface area contributed by atoms with Crippen molar-refractivity contribution >= 4 is 61.1 Å². The zero-order chi connectivity index (χ0) is 27.3. The molecule has 0 radical (unpaired) electrons. The molecule has 1 heterocycles. The van der Waals surface area contributed by atoms with E-state index in [4.69, 9.17) is 21.1 Å². The molecule has 0 saturated carbocycles. The van der Waals surface area contributed by atoms with Gasteiger partial charge in [-0.15, -0.1) is 11.3 Å². The summed E-state index contributed by atoms with van der Waals surface area (Å²) in [5.74, 6) is -0.833. The number of benzene rings is 3. The number of halogens is 1. The van der Waals surface area contributed by atoms with E-state index < -0.39 is 28.4 Å². The Balaban J connectivity index is 1.36. The summed E-state index contributed by atoms with van der Waals surface area (Å²) in [4.78, 5) is 25.2. The molecule has 1 aromatic heterocycles. The maximum Gasteiger partial charge on any atom is 0.355 e. The number of hydrazone groups is 1. The Bertz CT molecular complexity index is 1630. The summed E-state index contributed by atoms with van der Waals surface area (Å²) < 4.78 is 38.5. The first-order chi connectivity index (χ1) is 18.2. The molecular weight excluding hydrogens is 550 g/mol. The Morgan fingerprint density at radius 2 is 1.79 bits per heavy atom. The average molecular weight is 572 g/mol. The summed E-state index contributed by atoms with van der Waals surface area (Å²) in [6, 6.07) is 18.3. The van der Waals surface area contributed by atoms with Gasteiger partial charge in [0.15, 0.2) is 11.5 Å². The lowest BCUT2D eigenvalue weighted by Crippen LogP contribution is -2.34. The van der Waals surface area contributed by atoms with Crippen molar-refractivity contribution in [1.82, 2.24) is 10.1 Å². The van der Waals surface area contributed by atoms with Crippen molar-refractivity contribution in [2.75, 3.05) is 13.7 Å². The predicted molar refractivity (Wildman–Crippen MR) is 147 cm³/mol. The van der Waals surface area contributed by atoms with Gasteiger partial charge in [0, 0.05) is 10.1 Å². The van der Waals surface area contributed by atoms with Crippen LogP contribution in [0.2, 0.25) is 5.02 Å². The Morgan fingerprint density at radius 3 is 2.50 bits per heavy atom. The second-order valence-electron chi connectivity index (χ2n) is 7.97. The molecule has 0 spiro atoms. The van der Waals surface area contributed by atoms with Gasteiger partial charge in [-0.3, -0.25) is 4.79 Å². The number of hydrogen-bond donors (Lipinski definition) is 2. The van der Waals surface area contributed by atoms with Crippen LogP contribution in [0.4, 0.5) is 0 Å². The van der Waals surface area contributed by atoms with Crippen molar-refractivity contribution in [3.8, 4) is 11.5 Å². The molecule has 3 aromatic carbocycles. The SMILES string of the molecule is COc1cc(C=NNC(=O)CNS(=O)(=O)c2ccc(C)cc2)ccc1OC(=O)c1sc2ccccc2c1Cl. The number of sulfonamides is 1. The van der Waals surface area contributed by atoms with Crippen molar-refractivity contribution in [1.29, 1.82) is 0 Å². The number of amides is 1. The molecule has 0 saturated heterocycles. The van der Waals surface area contributed by atoms with Crippen molar-refractivity contribution in [2.24, 2.45) is 5.10 Å². The zero-order valence-electron chi connectivity index (χ0n) is 20.2. The summed E-state index contributed by atoms with van der Waals surface area (Å²) in [7, 11) is -2.41. The van der Waals surface area contributed by atoms with Gasteiger partial charge in [0.2, 0.25) is 10.0 Å². The van der Waals surface area contributed by atoms with E-state index in [0.29, 0.717) is 10.6 Å². The molecule has 0 aliphatic rings. The number of esters is 1. The van der Waals surface area contributed by atoms with Gasteiger partial charge in [0.25, 0.3) is 5.91 Å². The first-order valence-corrected chi connectivity index (χ1v) is 13.8. The number of fused-ring (bicyclic) bond motifs is 1. The van der Waals surface area contributed by atoms with Crippen LogP contribution in [0.25, 0.3) is 10.1 Å². The molecule has 4 aromatic rings. The van der Waals surface area contributed by atoms with Crippen LogP contribution in [0.1, 0.15) is 20.8 Å². The van der Waals surface area contributed by atoms with Gasteiger partial charge in [-0.2, -0.15) is 5.10 Å². The van der Waals surface area contributed by atoms with Gasteiger partial charge in [0.1, 0.15) is 4.88 Å². The van der Waals surface area contributed by atoms with Crippen LogP contribution in [0.5, 0.6) is 11.5 Å². The Hall–Kier alpha value is -3.77. The minimum absolute atomic E-state index is 0.0573. The van der Waals surface area contributed by atoms with E-state index in [1.165, 1.54) is 42.9 Å². The van der Waals surface area contributed by atoms with Gasteiger partial charge in [-0.25, -0.2) is 23.4 Å². The molecule has 0 aliphatic heterocycles. The first kappa shape index (κ1) is 27.3. The van der Waals surface area contributed by atoms with Gasteiger partial charge >= 0.3 is 5.97 Å². The number of nitrogens with one attached hydrogen (secondary N) is 2. The van der Waals surface area contributed by atoms with Crippen molar-refractivity contribution in [3.05, 3.63) is 87.8 Å². The van der Waals surface area contributed by atoms with E-state index in [2.05, 4.69) is 15.2 Å². The number of carbonyl (C=O) groups excluding carboxylic acids is 2. The van der Waals surface area contributed by atoms with Crippen LogP contribution in [0, 0.1) is 6.92 Å². The van der Waals surface area contributed by atoms with Crippen LogP contribution in [-0.4, -0.2) is 40.2 Å². The maximum absolute atomic E-state index is 12.8. The summed E-state index contributed by atoms with van der Waals surface area (Å²) in [5.41, 5.74) is 3.70. The molecule has 2 N–H and O–H groups in total. The van der Waals surface area contributed by atoms with E-state index in [1.54, 1.807) is 24.3 Å². The van der Waals surface area contributed by atoms with E-state index in [1.807, 2.05) is 31.2 Å². The molecule has 9 nitrogen and oxygen atoms in total. The molecule has 0 fully saturated rings. The molecule has 0 bridgehead atoms. The van der Waals surface area contributed by atoms with Gasteiger partial charge in [0.05, 0.1) is 29.8 Å². The third-order valence-corrected chi connectivity index (χ3v) is 8.34. The Labute approximate surface area is 228 Å². The Morgan fingerprint density at radius 1 is 1.05 bits per heavy atom. The molecule has 38 heavy (non-hydrogen) atoms. The topological polar surface area (TPSA) is 123 Å². The quantitative estimate of drug-likeness (QED) is 0.132. The average Bonchev–Trinajstić information content (AvgIpc) is 3.25. The zero-order valence-corrected chi connectivity index (χ0v) is 22.6. The van der Waals surface area contributed by atoms with E-state index in [-0.39, 0.29) is 21.3 Å². The standard InChI is InChI=1S/C26H22ClN3O6S2/c1-16-7-10-18(11-8-16)38(33,34)29-15-23(31)30-28-14-17-9-12-20(21(13-17)35-2)36-26(32)25-24(27)19-5-3-4-6-22(19)37-25/h3-14,29H,15H2,1-2H3,(H,30,31). The second-order valence-corrected chi connectivity index (χ2v) is 11.2. The molecule has 1 amide bonds. The maximum atomic E-state index is 12.8. The van der Waals surface area contributed by atoms with Crippen molar-refractivity contribution < 1.29 is 27.5 Å². The van der Waals surface area contributed by atoms with Crippen LogP contribution in [-0.2, 0) is 14.8 Å². The molecule has 12 heteroatoms. The minimum atomic E-state index is -3.83. The lowest BCUT2D eigenvalue weighted by Gasteiger charge is -2.09. The third kappa shape index (κ3) is 6.37. The largest absolute Gasteiger partial charge is 0.493 e. The molecule has 0 aliphatic carbocycles. The van der Waals surface area contributed by atoms with Crippen LogP contribution in [0.15, 0.2) is 76.7 Å². The van der Waals surface area contributed by atoms with Crippen molar-refractivity contribution in [3.63, 3.8) is 0 Å². The summed E-state index contributed by atoms with van der Waals surface area (Å²) >= 11 is 7.61. The highest BCUT2D eigenvalue weighted by atomic mass is 35.5. The van der Waals surface area contributed by atoms with E-state index in [9.17, 15) is 18.0 Å². The molecule has 0 atom stereocenters. The van der Waals surface area contributed by atoms with E-state index >= 15 is 0 Å². The summed E-state index contributed by atoms with van der Waals surface area (Å²) in [6.07, 6.45) is 1.34. The highest BCUT2D eigenvalue weighted by molar-refractivity contribution is 7.89. The Kier molecular flexibility index (Phi) is 8.42. The van der Waals surface area contributed by atoms with Gasteiger partial charge in [-0.1, -0.05) is 47.5 Å². The van der Waals surface area contributed by atoms with Crippen LogP contribution < -0.4 is 19.6 Å². The first-order valence-electron chi connectivity index (χ1n) is 11.1. The molecule has 0 unspecified atom stereocenters. The fourth-order valence-corrected chi connectivity index (χ4v) is 5.69. The smallest absolute Gasteiger partial charge is 0.355 e.